The minimum atomic E-state index is -0.486. The van der Waals surface area contributed by atoms with Crippen LogP contribution in [0.4, 0.5) is 5.69 Å². The fourth-order valence-corrected chi connectivity index (χ4v) is 5.41. The molecule has 8 heteroatoms. The summed E-state index contributed by atoms with van der Waals surface area (Å²) in [5.41, 5.74) is 3.90. The summed E-state index contributed by atoms with van der Waals surface area (Å²) >= 11 is 1.31. The second-order valence-electron chi connectivity index (χ2n) is 9.45. The first-order chi connectivity index (χ1) is 19.9. The van der Waals surface area contributed by atoms with Crippen LogP contribution in [-0.2, 0) is 14.4 Å². The van der Waals surface area contributed by atoms with Gasteiger partial charge >= 0.3 is 0 Å². The van der Waals surface area contributed by atoms with Crippen LogP contribution in [0.1, 0.15) is 22.3 Å². The Hall–Kier alpha value is -4.95. The molecule has 5 rings (SSSR count). The second kappa shape index (κ2) is 12.5. The maximum absolute atomic E-state index is 13.4. The molecule has 0 spiro atoms. The van der Waals surface area contributed by atoms with Crippen molar-refractivity contribution in [1.82, 2.24) is 10.2 Å². The van der Waals surface area contributed by atoms with Crippen LogP contribution in [0.3, 0.4) is 0 Å². The predicted molar refractivity (Wildman–Crippen MR) is 161 cm³/mol. The number of thioether (sulfide) groups is 1. The van der Waals surface area contributed by atoms with Crippen LogP contribution in [0.5, 0.6) is 0 Å². The lowest BCUT2D eigenvalue weighted by Crippen LogP contribution is -2.30. The van der Waals surface area contributed by atoms with Gasteiger partial charge in [-0.1, -0.05) is 72.8 Å². The van der Waals surface area contributed by atoms with E-state index in [0.29, 0.717) is 11.3 Å². The molecule has 41 heavy (non-hydrogen) atoms. The molecule has 4 aromatic carbocycles. The first-order valence-corrected chi connectivity index (χ1v) is 13.9. The van der Waals surface area contributed by atoms with Crippen LogP contribution in [-0.4, -0.2) is 40.8 Å². The zero-order valence-corrected chi connectivity index (χ0v) is 23.1. The molecule has 0 radical (unpaired) electrons. The molecule has 2 N–H and O–H groups in total. The van der Waals surface area contributed by atoms with E-state index in [2.05, 4.69) is 10.6 Å². The summed E-state index contributed by atoms with van der Waals surface area (Å²) in [6.45, 7) is 0. The molecule has 1 aliphatic rings. The molecule has 0 aromatic heterocycles. The number of carbonyl (C=O) groups excluding carboxylic acids is 4. The van der Waals surface area contributed by atoms with Gasteiger partial charge in [-0.2, -0.15) is 0 Å². The monoisotopic (exact) mass is 561 g/mol. The molecule has 1 heterocycles. The molecule has 1 saturated heterocycles. The van der Waals surface area contributed by atoms with E-state index in [0.717, 1.165) is 26.5 Å². The largest absolute Gasteiger partial charge is 0.321 e. The van der Waals surface area contributed by atoms with Crippen molar-refractivity contribution in [1.29, 1.82) is 0 Å². The highest BCUT2D eigenvalue weighted by molar-refractivity contribution is 8.00. The minimum Gasteiger partial charge on any atom is -0.321 e. The van der Waals surface area contributed by atoms with E-state index in [4.69, 9.17) is 0 Å². The van der Waals surface area contributed by atoms with Crippen LogP contribution < -0.4 is 10.6 Å². The lowest BCUT2D eigenvalue weighted by Gasteiger charge is -2.13. The van der Waals surface area contributed by atoms with E-state index in [1.54, 1.807) is 54.6 Å². The van der Waals surface area contributed by atoms with E-state index in [9.17, 15) is 19.2 Å². The summed E-state index contributed by atoms with van der Waals surface area (Å²) in [4.78, 5) is 52.3. The molecule has 1 unspecified atom stereocenters. The van der Waals surface area contributed by atoms with Crippen molar-refractivity contribution < 1.29 is 19.2 Å². The molecule has 4 amide bonds. The van der Waals surface area contributed by atoms with Gasteiger partial charge in [-0.3, -0.25) is 24.1 Å². The SMILES string of the molecule is CN1C(=O)CC(Sc2ccc(NC(=O)/C(=C/c3ccc(-c4ccccc4)cc3)NC(=O)c3ccccc3)cc2)C1=O. The van der Waals surface area contributed by atoms with Gasteiger partial charge in [0, 0.05) is 29.6 Å². The zero-order valence-electron chi connectivity index (χ0n) is 22.2. The third-order valence-electron chi connectivity index (χ3n) is 6.59. The van der Waals surface area contributed by atoms with Crippen LogP contribution in [0.2, 0.25) is 0 Å². The molecule has 0 aliphatic carbocycles. The summed E-state index contributed by atoms with van der Waals surface area (Å²) in [6, 6.07) is 33.4. The summed E-state index contributed by atoms with van der Waals surface area (Å²) in [6.07, 6.45) is 1.80. The van der Waals surface area contributed by atoms with Crippen molar-refractivity contribution in [3.8, 4) is 11.1 Å². The van der Waals surface area contributed by atoms with Crippen molar-refractivity contribution in [2.75, 3.05) is 12.4 Å². The smallest absolute Gasteiger partial charge is 0.272 e. The van der Waals surface area contributed by atoms with Crippen LogP contribution in [0, 0.1) is 0 Å². The van der Waals surface area contributed by atoms with Crippen molar-refractivity contribution in [3.63, 3.8) is 0 Å². The number of carbonyl (C=O) groups is 4. The van der Waals surface area contributed by atoms with Crippen LogP contribution in [0.25, 0.3) is 17.2 Å². The Labute approximate surface area is 242 Å². The Kier molecular flexibility index (Phi) is 8.41. The molecular formula is C33H27N3O4S. The number of hydrogen-bond acceptors (Lipinski definition) is 5. The molecule has 204 valence electrons. The fourth-order valence-electron chi connectivity index (χ4n) is 4.30. The number of anilines is 1. The number of likely N-dealkylation sites (tertiary alicyclic amines) is 1. The van der Waals surface area contributed by atoms with Crippen LogP contribution >= 0.6 is 11.8 Å². The van der Waals surface area contributed by atoms with Gasteiger partial charge in [0.05, 0.1) is 5.25 Å². The number of nitrogens with zero attached hydrogens (tertiary/aromatic N) is 1. The van der Waals surface area contributed by atoms with E-state index in [1.807, 2.05) is 60.7 Å². The van der Waals surface area contributed by atoms with Gasteiger partial charge in [-0.15, -0.1) is 11.8 Å². The van der Waals surface area contributed by atoms with Gasteiger partial charge in [0.15, 0.2) is 0 Å². The van der Waals surface area contributed by atoms with E-state index in [-0.39, 0.29) is 23.9 Å². The highest BCUT2D eigenvalue weighted by Crippen LogP contribution is 2.31. The van der Waals surface area contributed by atoms with Crippen LogP contribution in [0.15, 0.2) is 120 Å². The van der Waals surface area contributed by atoms with Gasteiger partial charge in [-0.25, -0.2) is 0 Å². The highest BCUT2D eigenvalue weighted by atomic mass is 32.2. The van der Waals surface area contributed by atoms with Gasteiger partial charge in [0.25, 0.3) is 11.8 Å². The van der Waals surface area contributed by atoms with E-state index in [1.165, 1.54) is 18.8 Å². The molecule has 4 aromatic rings. The summed E-state index contributed by atoms with van der Waals surface area (Å²) in [7, 11) is 1.49. The van der Waals surface area contributed by atoms with E-state index < -0.39 is 17.1 Å². The molecule has 1 aliphatic heterocycles. The Morgan fingerprint density at radius 1 is 0.805 bits per heavy atom. The lowest BCUT2D eigenvalue weighted by atomic mass is 10.0. The third-order valence-corrected chi connectivity index (χ3v) is 7.79. The number of imide groups is 1. The number of benzene rings is 4. The third kappa shape index (κ3) is 6.80. The standard InChI is InChI=1S/C33H27N3O4S/c1-36-30(37)21-29(33(36)40)41-27-18-16-26(17-19-27)34-32(39)28(35-31(38)25-10-6-3-7-11-25)20-22-12-14-24(15-13-22)23-8-4-2-5-9-23/h2-20,29H,21H2,1H3,(H,34,39)(H,35,38)/b28-20-. The average molecular weight is 562 g/mol. The second-order valence-corrected chi connectivity index (χ2v) is 10.7. The fraction of sp³-hybridized carbons (Fsp3) is 0.0909. The van der Waals surface area contributed by atoms with Gasteiger partial charge < -0.3 is 10.6 Å². The molecule has 1 fully saturated rings. The first kappa shape index (κ1) is 27.6. The summed E-state index contributed by atoms with van der Waals surface area (Å²) in [5, 5.41) is 5.14. The number of amides is 4. The Balaban J connectivity index is 1.33. The highest BCUT2D eigenvalue weighted by Gasteiger charge is 2.36. The quantitative estimate of drug-likeness (QED) is 0.215. The minimum absolute atomic E-state index is 0.0860. The molecule has 0 saturated carbocycles. The zero-order chi connectivity index (χ0) is 28.8. The van der Waals surface area contributed by atoms with Gasteiger partial charge in [0.1, 0.15) is 5.70 Å². The Morgan fingerprint density at radius 3 is 2.02 bits per heavy atom. The molecular weight excluding hydrogens is 534 g/mol. The maximum atomic E-state index is 13.4. The average Bonchev–Trinajstić information content (AvgIpc) is 3.25. The number of nitrogens with one attached hydrogen (secondary N) is 2. The normalized spacial score (nSPS) is 15.1. The first-order valence-electron chi connectivity index (χ1n) is 13.0. The Morgan fingerprint density at radius 2 is 1.41 bits per heavy atom. The molecule has 7 nitrogen and oxygen atoms in total. The van der Waals surface area contributed by atoms with Gasteiger partial charge in [0.2, 0.25) is 11.8 Å². The molecule has 0 bridgehead atoms. The van der Waals surface area contributed by atoms with Crippen molar-refractivity contribution in [2.24, 2.45) is 0 Å². The topological polar surface area (TPSA) is 95.6 Å². The van der Waals surface area contributed by atoms with Gasteiger partial charge in [-0.05, 0) is 59.2 Å². The predicted octanol–water partition coefficient (Wildman–Crippen LogP) is 5.61. The van der Waals surface area contributed by atoms with Crippen molar-refractivity contribution in [3.05, 3.63) is 126 Å². The Bertz CT molecular complexity index is 1600. The van der Waals surface area contributed by atoms with E-state index >= 15 is 0 Å². The summed E-state index contributed by atoms with van der Waals surface area (Å²) in [5.74, 6) is -1.29. The lowest BCUT2D eigenvalue weighted by molar-refractivity contribution is -0.136. The van der Waals surface area contributed by atoms with Crippen molar-refractivity contribution >= 4 is 47.2 Å². The van der Waals surface area contributed by atoms with Crippen molar-refractivity contribution in [2.45, 2.75) is 16.6 Å². The number of rotatable bonds is 8. The number of hydrogen-bond donors (Lipinski definition) is 2. The maximum Gasteiger partial charge on any atom is 0.272 e. The summed E-state index contributed by atoms with van der Waals surface area (Å²) < 4.78 is 0. The molecule has 1 atom stereocenters.